The number of carbonyl (C=O) groups excluding carboxylic acids is 1. The first-order valence-corrected chi connectivity index (χ1v) is 8.02. The minimum atomic E-state index is -0.837. The van der Waals surface area contributed by atoms with Crippen molar-refractivity contribution in [1.29, 1.82) is 5.26 Å². The molecule has 1 saturated heterocycles. The smallest absolute Gasteiger partial charge is 0.242 e. The Balaban J connectivity index is 1.73. The summed E-state index contributed by atoms with van der Waals surface area (Å²) in [5.41, 5.74) is 0.576. The molecule has 0 spiro atoms. The quantitative estimate of drug-likeness (QED) is 0.842. The zero-order valence-electron chi connectivity index (χ0n) is 13.2. The summed E-state index contributed by atoms with van der Waals surface area (Å²) in [4.78, 5) is 15.4. The SMILES string of the molecule is N#Cc1cc(F)c(N2CCN(Cc3ccc(Cl)cc3)C(=O)C2)c(F)c1. The number of halogens is 3. The van der Waals surface area contributed by atoms with Gasteiger partial charge in [-0.05, 0) is 29.8 Å². The van der Waals surface area contributed by atoms with Gasteiger partial charge in [0.15, 0.2) is 11.6 Å². The second-order valence-electron chi connectivity index (χ2n) is 5.76. The van der Waals surface area contributed by atoms with Crippen LogP contribution in [0.2, 0.25) is 5.02 Å². The molecule has 2 aromatic carbocycles. The summed E-state index contributed by atoms with van der Waals surface area (Å²) in [6.07, 6.45) is 0. The van der Waals surface area contributed by atoms with Gasteiger partial charge in [0, 0.05) is 24.7 Å². The van der Waals surface area contributed by atoms with Crippen LogP contribution in [-0.4, -0.2) is 30.4 Å². The van der Waals surface area contributed by atoms with Crippen molar-refractivity contribution in [3.63, 3.8) is 0 Å². The largest absolute Gasteiger partial charge is 0.356 e. The Morgan fingerprint density at radius 2 is 1.76 bits per heavy atom. The number of hydrogen-bond acceptors (Lipinski definition) is 3. The molecule has 0 bridgehead atoms. The van der Waals surface area contributed by atoms with Crippen molar-refractivity contribution in [3.05, 3.63) is 64.2 Å². The van der Waals surface area contributed by atoms with E-state index in [1.54, 1.807) is 23.1 Å². The van der Waals surface area contributed by atoms with Crippen molar-refractivity contribution in [2.24, 2.45) is 0 Å². The summed E-state index contributed by atoms with van der Waals surface area (Å²) in [7, 11) is 0. The molecule has 4 nitrogen and oxygen atoms in total. The Bertz CT molecular complexity index is 825. The third-order valence-electron chi connectivity index (χ3n) is 4.07. The number of carbonyl (C=O) groups is 1. The summed E-state index contributed by atoms with van der Waals surface area (Å²) in [6, 6.07) is 10.8. The van der Waals surface area contributed by atoms with E-state index in [9.17, 15) is 13.6 Å². The average Bonchev–Trinajstić information content (AvgIpc) is 2.58. The topological polar surface area (TPSA) is 47.3 Å². The van der Waals surface area contributed by atoms with E-state index in [-0.39, 0.29) is 23.7 Å². The van der Waals surface area contributed by atoms with E-state index in [2.05, 4.69) is 0 Å². The molecule has 7 heteroatoms. The van der Waals surface area contributed by atoms with E-state index < -0.39 is 11.6 Å². The van der Waals surface area contributed by atoms with Crippen molar-refractivity contribution in [2.75, 3.05) is 24.5 Å². The van der Waals surface area contributed by atoms with Crippen LogP contribution >= 0.6 is 11.6 Å². The lowest BCUT2D eigenvalue weighted by atomic mass is 10.1. The van der Waals surface area contributed by atoms with Crippen LogP contribution in [-0.2, 0) is 11.3 Å². The molecule has 128 valence electrons. The lowest BCUT2D eigenvalue weighted by Gasteiger charge is -2.36. The third-order valence-corrected chi connectivity index (χ3v) is 4.32. The van der Waals surface area contributed by atoms with Crippen LogP contribution in [0.5, 0.6) is 0 Å². The summed E-state index contributed by atoms with van der Waals surface area (Å²) < 4.78 is 28.2. The van der Waals surface area contributed by atoms with E-state index in [1.165, 1.54) is 4.90 Å². The van der Waals surface area contributed by atoms with Gasteiger partial charge in [-0.25, -0.2) is 8.78 Å². The predicted molar refractivity (Wildman–Crippen MR) is 90.2 cm³/mol. The van der Waals surface area contributed by atoms with Gasteiger partial charge in [0.05, 0.1) is 18.2 Å². The van der Waals surface area contributed by atoms with Gasteiger partial charge in [-0.1, -0.05) is 23.7 Å². The summed E-state index contributed by atoms with van der Waals surface area (Å²) >= 11 is 5.84. The Morgan fingerprint density at radius 3 is 2.32 bits per heavy atom. The van der Waals surface area contributed by atoms with Crippen LogP contribution in [0.15, 0.2) is 36.4 Å². The van der Waals surface area contributed by atoms with Gasteiger partial charge in [-0.2, -0.15) is 5.26 Å². The van der Waals surface area contributed by atoms with Gasteiger partial charge in [0.25, 0.3) is 0 Å². The van der Waals surface area contributed by atoms with E-state index in [0.717, 1.165) is 17.7 Å². The van der Waals surface area contributed by atoms with E-state index in [0.29, 0.717) is 24.7 Å². The molecular weight excluding hydrogens is 348 g/mol. The number of nitrogens with zero attached hydrogens (tertiary/aromatic N) is 3. The normalized spacial score (nSPS) is 14.6. The molecule has 2 aromatic rings. The van der Waals surface area contributed by atoms with Gasteiger partial charge in [0.1, 0.15) is 5.69 Å². The van der Waals surface area contributed by atoms with Crippen molar-refractivity contribution in [2.45, 2.75) is 6.54 Å². The van der Waals surface area contributed by atoms with Crippen LogP contribution in [0.25, 0.3) is 0 Å². The number of hydrogen-bond donors (Lipinski definition) is 0. The lowest BCUT2D eigenvalue weighted by Crippen LogP contribution is -2.50. The third kappa shape index (κ3) is 3.72. The first-order valence-electron chi connectivity index (χ1n) is 7.64. The van der Waals surface area contributed by atoms with Crippen LogP contribution in [0.4, 0.5) is 14.5 Å². The fraction of sp³-hybridized carbons (Fsp3) is 0.222. The standard InChI is InChI=1S/C18H14ClF2N3O/c19-14-3-1-12(2-4-14)10-23-5-6-24(11-17(23)25)18-15(20)7-13(9-22)8-16(18)21/h1-4,7-8H,5-6,10-11H2. The van der Waals surface area contributed by atoms with Crippen LogP contribution in [0.1, 0.15) is 11.1 Å². The highest BCUT2D eigenvalue weighted by Crippen LogP contribution is 2.26. The van der Waals surface area contributed by atoms with Crippen molar-refractivity contribution < 1.29 is 13.6 Å². The maximum absolute atomic E-state index is 14.1. The van der Waals surface area contributed by atoms with Gasteiger partial charge in [-0.15, -0.1) is 0 Å². The van der Waals surface area contributed by atoms with Crippen LogP contribution in [0.3, 0.4) is 0 Å². The molecule has 1 heterocycles. The zero-order chi connectivity index (χ0) is 18.0. The lowest BCUT2D eigenvalue weighted by molar-refractivity contribution is -0.131. The average molecular weight is 362 g/mol. The van der Waals surface area contributed by atoms with Crippen molar-refractivity contribution in [3.8, 4) is 6.07 Å². The Hall–Kier alpha value is -2.65. The Morgan fingerprint density at radius 1 is 1.12 bits per heavy atom. The minimum Gasteiger partial charge on any atom is -0.356 e. The molecule has 1 aliphatic rings. The van der Waals surface area contributed by atoms with Gasteiger partial charge < -0.3 is 9.80 Å². The zero-order valence-corrected chi connectivity index (χ0v) is 13.9. The predicted octanol–water partition coefficient (Wildman–Crippen LogP) is 3.34. The first-order chi connectivity index (χ1) is 12.0. The fourth-order valence-electron chi connectivity index (χ4n) is 2.81. The number of piperazine rings is 1. The number of benzene rings is 2. The molecule has 0 atom stereocenters. The molecule has 0 aromatic heterocycles. The fourth-order valence-corrected chi connectivity index (χ4v) is 2.93. The molecule has 3 rings (SSSR count). The molecule has 0 saturated carbocycles. The molecule has 0 N–H and O–H groups in total. The maximum Gasteiger partial charge on any atom is 0.242 e. The monoisotopic (exact) mass is 361 g/mol. The second kappa shape index (κ2) is 7.08. The second-order valence-corrected chi connectivity index (χ2v) is 6.20. The molecule has 25 heavy (non-hydrogen) atoms. The number of anilines is 1. The number of rotatable bonds is 3. The highest BCUT2D eigenvalue weighted by atomic mass is 35.5. The molecule has 0 radical (unpaired) electrons. The van der Waals surface area contributed by atoms with Crippen LogP contribution < -0.4 is 4.90 Å². The van der Waals surface area contributed by atoms with Crippen LogP contribution in [0, 0.1) is 23.0 Å². The molecule has 1 aliphatic heterocycles. The van der Waals surface area contributed by atoms with E-state index >= 15 is 0 Å². The Kier molecular flexibility index (Phi) is 4.86. The van der Waals surface area contributed by atoms with E-state index in [4.69, 9.17) is 16.9 Å². The molecule has 1 fully saturated rings. The molecule has 0 aliphatic carbocycles. The molecule has 1 amide bonds. The molecule has 0 unspecified atom stereocenters. The summed E-state index contributed by atoms with van der Waals surface area (Å²) in [5, 5.41) is 9.37. The summed E-state index contributed by atoms with van der Waals surface area (Å²) in [5.74, 6) is -1.89. The van der Waals surface area contributed by atoms with Gasteiger partial charge >= 0.3 is 0 Å². The number of amides is 1. The highest BCUT2D eigenvalue weighted by Gasteiger charge is 2.28. The minimum absolute atomic E-state index is 0.0912. The maximum atomic E-state index is 14.1. The van der Waals surface area contributed by atoms with E-state index in [1.807, 2.05) is 12.1 Å². The Labute approximate surface area is 148 Å². The van der Waals surface area contributed by atoms with Gasteiger partial charge in [-0.3, -0.25) is 4.79 Å². The molecular formula is C18H14ClF2N3O. The highest BCUT2D eigenvalue weighted by molar-refractivity contribution is 6.30. The van der Waals surface area contributed by atoms with Crippen molar-refractivity contribution in [1.82, 2.24) is 4.90 Å². The van der Waals surface area contributed by atoms with Crippen molar-refractivity contribution >= 4 is 23.2 Å². The first kappa shape index (κ1) is 17.2. The number of nitriles is 1. The van der Waals surface area contributed by atoms with Gasteiger partial charge in [0.2, 0.25) is 5.91 Å². The summed E-state index contributed by atoms with van der Waals surface area (Å²) in [6.45, 7) is 0.953.